The summed E-state index contributed by atoms with van der Waals surface area (Å²) in [6.45, 7) is 20.6. The molecule has 3 amide bonds. The van der Waals surface area contributed by atoms with Crippen molar-refractivity contribution in [3.8, 4) is 75.7 Å². The van der Waals surface area contributed by atoms with Crippen LogP contribution in [-0.4, -0.2) is 255 Å². The number of nitriles is 4. The van der Waals surface area contributed by atoms with E-state index in [4.69, 9.17) is 28.9 Å². The lowest BCUT2D eigenvalue weighted by molar-refractivity contribution is -0.135. The molecule has 5 atom stereocenters. The fraction of sp³-hybridized carbons (Fsp3) is 0.407. The SMILES string of the molecule is CC1=NN=C(C(=O)N2CC[C@H](Oc3ccc(-c4nccc(Nc5cnn(C(C)(C)C)c5)n4)cc3C#N)[C@H](F)C2)C1.CN1CC(Oc2ccc(-c3nccc(Nc4ccc(N5CCN(C6COC6)CC5)cc4)n3)cc2C#N)CCC1=O.N#CCCC(=O)N1CC[C@H](Oc2ccc(-c3nccc(Nc4ccc(N5CCN(C6COC6)CC5)cc4)n3)cc2C#N)[C@H](F)C1. The minimum atomic E-state index is -1.42. The minimum Gasteiger partial charge on any atom is -0.487 e. The third-order valence-electron chi connectivity index (χ3n) is 23.0. The first kappa shape index (κ1) is 86.3. The Labute approximate surface area is 723 Å². The lowest BCUT2D eigenvalue weighted by atomic mass is 10.0. The summed E-state index contributed by atoms with van der Waals surface area (Å²) in [5, 5.41) is 60.2. The van der Waals surface area contributed by atoms with Gasteiger partial charge in [-0.1, -0.05) is 0 Å². The predicted octanol–water partition coefficient (Wildman–Crippen LogP) is 11.4. The van der Waals surface area contributed by atoms with Crippen LogP contribution < -0.4 is 40.0 Å². The second kappa shape index (κ2) is 39.7. The van der Waals surface area contributed by atoms with E-state index in [2.05, 4.69) is 156 Å². The maximum absolute atomic E-state index is 15.1. The van der Waals surface area contributed by atoms with Crippen LogP contribution in [0.3, 0.4) is 0 Å². The van der Waals surface area contributed by atoms with Crippen LogP contribution in [0.25, 0.3) is 34.2 Å². The number of hydrogen-bond acceptors (Lipinski definition) is 28. The largest absolute Gasteiger partial charge is 0.487 e. The third-order valence-corrected chi connectivity index (χ3v) is 23.0. The van der Waals surface area contributed by atoms with E-state index in [-0.39, 0.29) is 90.8 Å². The summed E-state index contributed by atoms with van der Waals surface area (Å²) in [7, 11) is 1.77. The molecule has 1 unspecified atom stereocenters. The summed E-state index contributed by atoms with van der Waals surface area (Å²) < 4.78 is 60.5. The number of piperazine rings is 2. The number of amides is 3. The van der Waals surface area contributed by atoms with Crippen LogP contribution >= 0.6 is 0 Å². The molecule has 0 spiro atoms. The fourth-order valence-corrected chi connectivity index (χ4v) is 15.6. The van der Waals surface area contributed by atoms with Gasteiger partial charge in [-0.15, -0.1) is 5.10 Å². The van der Waals surface area contributed by atoms with E-state index in [1.54, 1.807) is 104 Å². The zero-order chi connectivity index (χ0) is 87.1. The van der Waals surface area contributed by atoms with Gasteiger partial charge in [-0.2, -0.15) is 31.2 Å². The van der Waals surface area contributed by atoms with Crippen LogP contribution in [0.4, 0.5) is 54.7 Å². The average Bonchev–Trinajstić information content (AvgIpc) is 1.60. The van der Waals surface area contributed by atoms with Crippen molar-refractivity contribution in [2.75, 3.05) is 144 Å². The number of hydrogen-bond donors (Lipinski definition) is 3. The summed E-state index contributed by atoms with van der Waals surface area (Å²) in [5.74, 6) is 3.84. The maximum Gasteiger partial charge on any atom is 0.270 e. The van der Waals surface area contributed by atoms with Gasteiger partial charge in [-0.3, -0.25) is 28.9 Å². The van der Waals surface area contributed by atoms with Crippen molar-refractivity contribution >= 4 is 75.0 Å². The van der Waals surface area contributed by atoms with Crippen molar-refractivity contribution in [3.05, 3.63) is 169 Å². The van der Waals surface area contributed by atoms with Crippen molar-refractivity contribution in [1.29, 1.82) is 21.0 Å². The van der Waals surface area contributed by atoms with E-state index >= 15 is 4.39 Å². The van der Waals surface area contributed by atoms with E-state index in [1.807, 2.05) is 41.2 Å². The standard InChI is InChI=1S/C33H35FN8O3.C30H33N7O3.C28H30FN9O2/c34-28-20-42(32(43)2-1-11-35)13-10-30(28)45-29-8-3-23(18-24(29)19-36)33-37-12-9-31(39-33)38-25-4-6-26(7-5-25)40-14-16-41(17-15-40)27-21-44-22-27;1-35-18-26(7-9-29(35)38)40-27-8-2-21(16-22(27)17-31)30-32-11-10-28(34-30)33-23-3-5-24(6-4-23)36-12-14-37(15-13-36)25-19-39-20-25;1-17-11-22(36-35-17)27(39)37-10-8-24(21(29)16-37)40-23-6-5-18(12-19(23)13-30)26-31-9-7-25(34-26)33-20-14-32-38(15-20)28(2,3)4/h3-9,12,18,27-28,30H,1-2,10,13-17,20-22H2,(H,37,38,39);2-6,8,10-11,16,25-26H,7,9,12-15,18-20H2,1H3,(H,32,33,34);5-7,9,12,14-15,21,24H,8,10-11,16H2,1-4H3,(H,31,33,34)/t28-,30+;;21-,24+/m1.1/s1. The number of rotatable bonds is 22. The molecule has 0 aliphatic carbocycles. The van der Waals surface area contributed by atoms with Gasteiger partial charge in [0, 0.05) is 181 Å². The monoisotopic (exact) mass is 1690 g/mol. The average molecular weight is 1690 g/mol. The highest BCUT2D eigenvalue weighted by atomic mass is 19.1. The smallest absolute Gasteiger partial charge is 0.270 e. The van der Waals surface area contributed by atoms with Gasteiger partial charge in [-0.25, -0.2) is 38.7 Å². The summed E-state index contributed by atoms with van der Waals surface area (Å²) in [5.41, 5.74) is 8.83. The Morgan fingerprint density at radius 3 is 1.39 bits per heavy atom. The van der Waals surface area contributed by atoms with Crippen LogP contribution in [0.1, 0.15) is 89.3 Å². The Hall–Kier alpha value is -13.6. The molecule has 5 aromatic carbocycles. The van der Waals surface area contributed by atoms with E-state index in [1.165, 1.54) is 21.2 Å². The Balaban J connectivity index is 0.000000145. The number of alkyl halides is 2. The van der Waals surface area contributed by atoms with E-state index in [0.717, 1.165) is 107 Å². The van der Waals surface area contributed by atoms with Crippen LogP contribution in [0, 0.1) is 45.3 Å². The number of ether oxygens (including phenoxy) is 5. The number of nitrogens with one attached hydrogen (secondary N) is 3. The molecule has 3 N–H and O–H groups in total. The van der Waals surface area contributed by atoms with E-state index in [0.29, 0.717) is 114 Å². The summed E-state index contributed by atoms with van der Waals surface area (Å²) >= 11 is 0. The predicted molar refractivity (Wildman–Crippen MR) is 466 cm³/mol. The number of carbonyl (C=O) groups excluding carboxylic acids is 3. The molecule has 0 saturated carbocycles. The molecular weight excluding hydrogens is 1600 g/mol. The number of aromatic nitrogens is 8. The Morgan fingerprint density at radius 1 is 0.544 bits per heavy atom. The Kier molecular flexibility index (Phi) is 27.4. The highest BCUT2D eigenvalue weighted by Crippen LogP contribution is 2.35. The topological polar surface area (TPSA) is 371 Å². The number of anilines is 8. The van der Waals surface area contributed by atoms with E-state index in [9.17, 15) is 34.6 Å². The number of carbonyl (C=O) groups is 3. The zero-order valence-corrected chi connectivity index (χ0v) is 70.4. The lowest BCUT2D eigenvalue weighted by Crippen LogP contribution is -2.56. The zero-order valence-electron chi connectivity index (χ0n) is 70.4. The van der Waals surface area contributed by atoms with Crippen LogP contribution in [-0.2, 0) is 29.4 Å². The van der Waals surface area contributed by atoms with Gasteiger partial charge in [0.25, 0.3) is 5.91 Å². The van der Waals surface area contributed by atoms with Gasteiger partial charge in [0.15, 0.2) is 29.8 Å². The molecule has 0 bridgehead atoms. The van der Waals surface area contributed by atoms with Crippen LogP contribution in [0.2, 0.25) is 0 Å². The van der Waals surface area contributed by atoms with Gasteiger partial charge in [0.1, 0.15) is 76.9 Å². The summed E-state index contributed by atoms with van der Waals surface area (Å²) in [6.07, 6.45) is 6.31. The molecule has 12 heterocycles. The second-order valence-electron chi connectivity index (χ2n) is 32.8. The van der Waals surface area contributed by atoms with Gasteiger partial charge < -0.3 is 64.1 Å². The first-order valence-electron chi connectivity index (χ1n) is 42.1. The molecule has 0 radical (unpaired) electrons. The van der Waals surface area contributed by atoms with Crippen molar-refractivity contribution in [2.45, 2.75) is 121 Å². The summed E-state index contributed by atoms with van der Waals surface area (Å²) in [4.78, 5) is 78.1. The first-order valence-corrected chi connectivity index (χ1v) is 42.1. The number of likely N-dealkylation sites (N-methyl/N-ethyl adjacent to an activating group) is 1. The molecule has 17 rings (SSSR count). The van der Waals surface area contributed by atoms with Gasteiger partial charge in [0.05, 0.1) is 98.3 Å². The molecule has 125 heavy (non-hydrogen) atoms. The number of nitrogens with zero attached hydrogens (tertiary/aromatic N) is 21. The molecule has 7 saturated heterocycles. The molecule has 7 fully saturated rings. The third kappa shape index (κ3) is 21.7. The maximum atomic E-state index is 15.1. The van der Waals surface area contributed by atoms with Gasteiger partial charge >= 0.3 is 0 Å². The molecule has 4 aromatic heterocycles. The van der Waals surface area contributed by atoms with Crippen molar-refractivity contribution in [2.24, 2.45) is 10.2 Å². The highest BCUT2D eigenvalue weighted by molar-refractivity contribution is 6.43. The second-order valence-corrected chi connectivity index (χ2v) is 32.8. The Bertz CT molecular complexity index is 5590. The van der Waals surface area contributed by atoms with Crippen LogP contribution in [0.5, 0.6) is 17.2 Å². The molecule has 34 heteroatoms. The molecule has 32 nitrogen and oxygen atoms in total. The molecular formula is C91H98F2N24O8. The van der Waals surface area contributed by atoms with Gasteiger partial charge in [-0.05, 0) is 155 Å². The Morgan fingerprint density at radius 2 is 0.992 bits per heavy atom. The van der Waals surface area contributed by atoms with Crippen molar-refractivity contribution in [1.82, 2.24) is 64.2 Å². The van der Waals surface area contributed by atoms with Crippen molar-refractivity contribution < 1.29 is 46.8 Å². The molecule has 9 aromatic rings. The van der Waals surface area contributed by atoms with E-state index < -0.39 is 24.6 Å². The normalized spacial score (nSPS) is 19.9. The number of benzene rings is 5. The molecule has 8 aliphatic heterocycles. The minimum absolute atomic E-state index is 0.0783. The molecule has 644 valence electrons. The number of halogens is 2. The van der Waals surface area contributed by atoms with Crippen LogP contribution in [0.15, 0.2) is 163 Å². The number of piperidine rings is 3. The lowest BCUT2D eigenvalue weighted by Gasteiger charge is -2.43. The highest BCUT2D eigenvalue weighted by Gasteiger charge is 2.38. The fourth-order valence-electron chi connectivity index (χ4n) is 15.6. The number of likely N-dealkylation sites (tertiary alicyclic amines) is 3. The molecule has 8 aliphatic rings. The first-order chi connectivity index (χ1) is 60.7. The van der Waals surface area contributed by atoms with Gasteiger partial charge in [0.2, 0.25) is 11.8 Å². The van der Waals surface area contributed by atoms with Crippen molar-refractivity contribution in [3.63, 3.8) is 0 Å². The quantitative estimate of drug-likeness (QED) is 0.0567. The summed E-state index contributed by atoms with van der Waals surface area (Å²) in [6, 6.07) is 47.1.